The Kier molecular flexibility index (Phi) is 5.87. The maximum absolute atomic E-state index is 13.6. The Morgan fingerprint density at radius 3 is 2.16 bits per heavy atom. The molecule has 0 spiro atoms. The Labute approximate surface area is 120 Å². The van der Waals surface area contributed by atoms with Gasteiger partial charge in [-0.25, -0.2) is 8.78 Å². The van der Waals surface area contributed by atoms with Crippen LogP contribution in [-0.4, -0.2) is 49.9 Å². The lowest BCUT2D eigenvalue weighted by atomic mass is 10.1. The fourth-order valence-corrected chi connectivity index (χ4v) is 2.06. The van der Waals surface area contributed by atoms with Gasteiger partial charge in [0.15, 0.2) is 0 Å². The van der Waals surface area contributed by atoms with Crippen molar-refractivity contribution in [3.05, 3.63) is 33.8 Å². The first-order valence-corrected chi connectivity index (χ1v) is 6.67. The standard InChI is InChI=1S/C13H17BrF2N2O/c1-17(2)5-4-6-18(3)13(19)12-10(15)7-9(14)8-11(12)16/h7-8H,4-6H2,1-3H3. The Morgan fingerprint density at radius 1 is 1.16 bits per heavy atom. The number of benzene rings is 1. The first-order valence-electron chi connectivity index (χ1n) is 5.87. The van der Waals surface area contributed by atoms with Gasteiger partial charge in [0.2, 0.25) is 0 Å². The zero-order valence-electron chi connectivity index (χ0n) is 11.2. The van der Waals surface area contributed by atoms with E-state index in [1.165, 1.54) is 4.90 Å². The predicted molar refractivity (Wildman–Crippen MR) is 74.2 cm³/mol. The summed E-state index contributed by atoms with van der Waals surface area (Å²) < 4.78 is 27.6. The van der Waals surface area contributed by atoms with Gasteiger partial charge in [0.05, 0.1) is 0 Å². The van der Waals surface area contributed by atoms with Crippen molar-refractivity contribution in [1.29, 1.82) is 0 Å². The van der Waals surface area contributed by atoms with Gasteiger partial charge in [0.1, 0.15) is 17.2 Å². The molecule has 0 bridgehead atoms. The molecular weight excluding hydrogens is 318 g/mol. The molecule has 6 heteroatoms. The molecule has 1 rings (SSSR count). The minimum absolute atomic E-state index is 0.273. The van der Waals surface area contributed by atoms with E-state index in [1.807, 2.05) is 19.0 Å². The maximum Gasteiger partial charge on any atom is 0.259 e. The van der Waals surface area contributed by atoms with Gasteiger partial charge in [-0.15, -0.1) is 0 Å². The summed E-state index contributed by atoms with van der Waals surface area (Å²) >= 11 is 2.98. The van der Waals surface area contributed by atoms with Crippen molar-refractivity contribution in [1.82, 2.24) is 9.80 Å². The third kappa shape index (κ3) is 4.54. The highest BCUT2D eigenvalue weighted by molar-refractivity contribution is 9.10. The fraction of sp³-hybridized carbons (Fsp3) is 0.462. The lowest BCUT2D eigenvalue weighted by molar-refractivity contribution is 0.0781. The van der Waals surface area contributed by atoms with Gasteiger partial charge in [-0.1, -0.05) is 15.9 Å². The average Bonchev–Trinajstić information content (AvgIpc) is 2.26. The molecule has 1 aromatic carbocycles. The SMILES string of the molecule is CN(C)CCCN(C)C(=O)c1c(F)cc(Br)cc1F. The second-order valence-electron chi connectivity index (χ2n) is 4.63. The monoisotopic (exact) mass is 334 g/mol. The molecule has 3 nitrogen and oxygen atoms in total. The van der Waals surface area contributed by atoms with Gasteiger partial charge in [-0.2, -0.15) is 0 Å². The largest absolute Gasteiger partial charge is 0.341 e. The Balaban J connectivity index is 2.77. The van der Waals surface area contributed by atoms with Crippen molar-refractivity contribution in [3.8, 4) is 0 Å². The van der Waals surface area contributed by atoms with E-state index in [2.05, 4.69) is 15.9 Å². The molecule has 0 radical (unpaired) electrons. The van der Waals surface area contributed by atoms with Crippen molar-refractivity contribution >= 4 is 21.8 Å². The number of rotatable bonds is 5. The highest BCUT2D eigenvalue weighted by Gasteiger charge is 2.21. The third-order valence-electron chi connectivity index (χ3n) is 2.67. The first-order chi connectivity index (χ1) is 8.82. The molecule has 0 aromatic heterocycles. The number of halogens is 3. The van der Waals surface area contributed by atoms with Gasteiger partial charge in [0, 0.05) is 18.1 Å². The summed E-state index contributed by atoms with van der Waals surface area (Å²) in [5.74, 6) is -2.34. The molecule has 0 atom stereocenters. The minimum Gasteiger partial charge on any atom is -0.341 e. The van der Waals surface area contributed by atoms with Crippen LogP contribution in [0.25, 0.3) is 0 Å². The summed E-state index contributed by atoms with van der Waals surface area (Å²) in [6, 6.07) is 2.17. The molecule has 0 fully saturated rings. The van der Waals surface area contributed by atoms with Crippen LogP contribution < -0.4 is 0 Å². The van der Waals surface area contributed by atoms with Crippen LogP contribution >= 0.6 is 15.9 Å². The van der Waals surface area contributed by atoms with E-state index in [4.69, 9.17) is 0 Å². The highest BCUT2D eigenvalue weighted by atomic mass is 79.9. The van der Waals surface area contributed by atoms with Crippen molar-refractivity contribution in [2.24, 2.45) is 0 Å². The highest BCUT2D eigenvalue weighted by Crippen LogP contribution is 2.20. The summed E-state index contributed by atoms with van der Waals surface area (Å²) in [5.41, 5.74) is -0.504. The topological polar surface area (TPSA) is 23.6 Å². The zero-order valence-corrected chi connectivity index (χ0v) is 12.8. The number of hydrogen-bond donors (Lipinski definition) is 0. The molecule has 1 aromatic rings. The Hall–Kier alpha value is -1.01. The molecule has 0 N–H and O–H groups in total. The second kappa shape index (κ2) is 6.96. The molecule has 106 valence electrons. The fourth-order valence-electron chi connectivity index (χ4n) is 1.66. The van der Waals surface area contributed by atoms with E-state index in [9.17, 15) is 13.6 Å². The molecule has 0 aliphatic heterocycles. The van der Waals surface area contributed by atoms with Crippen LogP contribution in [0.1, 0.15) is 16.8 Å². The number of nitrogens with zero attached hydrogens (tertiary/aromatic N) is 2. The third-order valence-corrected chi connectivity index (χ3v) is 3.12. The van der Waals surface area contributed by atoms with Crippen LogP contribution in [-0.2, 0) is 0 Å². The summed E-state index contributed by atoms with van der Waals surface area (Å²) in [6.45, 7) is 1.26. The molecular formula is C13H17BrF2N2O. The molecule has 1 amide bonds. The van der Waals surface area contributed by atoms with Crippen LogP contribution in [0.2, 0.25) is 0 Å². The van der Waals surface area contributed by atoms with E-state index in [1.54, 1.807) is 7.05 Å². The quantitative estimate of drug-likeness (QED) is 0.826. The molecule has 19 heavy (non-hydrogen) atoms. The molecule has 0 aliphatic rings. The second-order valence-corrected chi connectivity index (χ2v) is 5.54. The van der Waals surface area contributed by atoms with Gasteiger partial charge in [0.25, 0.3) is 5.91 Å². The number of carbonyl (C=O) groups is 1. The number of amides is 1. The van der Waals surface area contributed by atoms with Gasteiger partial charge < -0.3 is 9.80 Å². The van der Waals surface area contributed by atoms with Gasteiger partial charge in [-0.3, -0.25) is 4.79 Å². The molecule has 0 saturated carbocycles. The summed E-state index contributed by atoms with van der Waals surface area (Å²) in [7, 11) is 5.39. The van der Waals surface area contributed by atoms with Crippen molar-refractivity contribution < 1.29 is 13.6 Å². The Bertz CT molecular complexity index is 443. The first kappa shape index (κ1) is 16.0. The molecule has 0 unspecified atom stereocenters. The van der Waals surface area contributed by atoms with Crippen molar-refractivity contribution in [2.75, 3.05) is 34.2 Å². The van der Waals surface area contributed by atoms with Crippen LogP contribution in [0.15, 0.2) is 16.6 Å². The summed E-state index contributed by atoms with van der Waals surface area (Å²) in [6.07, 6.45) is 0.745. The summed E-state index contributed by atoms with van der Waals surface area (Å²) in [5, 5.41) is 0. The number of carbonyl (C=O) groups excluding carboxylic acids is 1. The Morgan fingerprint density at radius 2 is 1.68 bits per heavy atom. The van der Waals surface area contributed by atoms with E-state index in [0.29, 0.717) is 6.54 Å². The van der Waals surface area contributed by atoms with E-state index >= 15 is 0 Å². The number of hydrogen-bond acceptors (Lipinski definition) is 2. The van der Waals surface area contributed by atoms with Crippen molar-refractivity contribution in [2.45, 2.75) is 6.42 Å². The minimum atomic E-state index is -0.851. The van der Waals surface area contributed by atoms with Crippen LogP contribution in [0.4, 0.5) is 8.78 Å². The van der Waals surface area contributed by atoms with Crippen LogP contribution in [0.5, 0.6) is 0 Å². The molecule has 0 saturated heterocycles. The van der Waals surface area contributed by atoms with Gasteiger partial charge >= 0.3 is 0 Å². The summed E-state index contributed by atoms with van der Waals surface area (Å²) in [4.78, 5) is 15.3. The van der Waals surface area contributed by atoms with Gasteiger partial charge in [-0.05, 0) is 39.2 Å². The van der Waals surface area contributed by atoms with E-state index in [-0.39, 0.29) is 4.47 Å². The van der Waals surface area contributed by atoms with E-state index < -0.39 is 23.1 Å². The van der Waals surface area contributed by atoms with E-state index in [0.717, 1.165) is 25.1 Å². The normalized spacial score (nSPS) is 10.9. The van der Waals surface area contributed by atoms with Crippen molar-refractivity contribution in [3.63, 3.8) is 0 Å². The zero-order chi connectivity index (χ0) is 14.6. The van der Waals surface area contributed by atoms with Crippen LogP contribution in [0.3, 0.4) is 0 Å². The average molecular weight is 335 g/mol. The predicted octanol–water partition coefficient (Wildman–Crippen LogP) is 2.75. The maximum atomic E-state index is 13.6. The lowest BCUT2D eigenvalue weighted by Crippen LogP contribution is -2.31. The lowest BCUT2D eigenvalue weighted by Gasteiger charge is -2.19. The molecule has 0 heterocycles. The smallest absolute Gasteiger partial charge is 0.259 e. The van der Waals surface area contributed by atoms with Crippen LogP contribution in [0, 0.1) is 11.6 Å². The molecule has 0 aliphatic carbocycles.